The number of amides is 2. The van der Waals surface area contributed by atoms with E-state index in [1.807, 2.05) is 60.4 Å². The van der Waals surface area contributed by atoms with Crippen LogP contribution < -0.4 is 10.1 Å². The van der Waals surface area contributed by atoms with E-state index >= 15 is 0 Å². The Morgan fingerprint density at radius 3 is 2.75 bits per heavy atom. The quantitative estimate of drug-likeness (QED) is 0.619. The highest BCUT2D eigenvalue weighted by Crippen LogP contribution is 2.24. The maximum atomic E-state index is 13.2. The van der Waals surface area contributed by atoms with Gasteiger partial charge in [-0.2, -0.15) is 0 Å². The van der Waals surface area contributed by atoms with E-state index in [2.05, 4.69) is 15.6 Å². The number of benzene rings is 2. The number of rotatable bonds is 7. The highest BCUT2D eigenvalue weighted by Gasteiger charge is 2.31. The molecule has 2 heterocycles. The Labute approximate surface area is 187 Å². The summed E-state index contributed by atoms with van der Waals surface area (Å²) in [6.07, 6.45) is 3.46. The number of carbonyl (C=O) groups excluding carboxylic acids is 2. The number of ether oxygens (including phenoxy) is 1. The van der Waals surface area contributed by atoms with Gasteiger partial charge in [0.15, 0.2) is 5.69 Å². The standard InChI is InChI=1S/C24H27N5O3/c1-17-13-20(32-2)10-11-21(17)24(31)29-12-6-9-19(29)15-28-16-22(26-27-28)23(30)25-14-18-7-4-3-5-8-18/h3-5,7-8,10-11,13,16,19H,6,9,12,14-15H2,1-2H3,(H,25,30)/t19-/m0/s1. The molecule has 0 radical (unpaired) electrons. The molecule has 32 heavy (non-hydrogen) atoms. The maximum absolute atomic E-state index is 13.2. The Morgan fingerprint density at radius 1 is 1.19 bits per heavy atom. The normalized spacial score (nSPS) is 15.6. The first-order chi connectivity index (χ1) is 15.5. The smallest absolute Gasteiger partial charge is 0.273 e. The first-order valence-corrected chi connectivity index (χ1v) is 10.7. The zero-order chi connectivity index (χ0) is 22.5. The Hall–Kier alpha value is -3.68. The Kier molecular flexibility index (Phi) is 6.49. The van der Waals surface area contributed by atoms with Crippen LogP contribution in [0, 0.1) is 6.92 Å². The van der Waals surface area contributed by atoms with E-state index < -0.39 is 0 Å². The molecule has 0 aliphatic carbocycles. The number of nitrogens with zero attached hydrogens (tertiary/aromatic N) is 4. The minimum atomic E-state index is -0.270. The highest BCUT2D eigenvalue weighted by molar-refractivity contribution is 5.96. The molecule has 0 saturated carbocycles. The Bertz CT molecular complexity index is 1100. The average Bonchev–Trinajstić information content (AvgIpc) is 3.48. The van der Waals surface area contributed by atoms with Crippen LogP contribution in [0.5, 0.6) is 5.75 Å². The molecule has 4 rings (SSSR count). The van der Waals surface area contributed by atoms with Crippen LogP contribution in [0.1, 0.15) is 44.8 Å². The number of hydrogen-bond acceptors (Lipinski definition) is 5. The van der Waals surface area contributed by atoms with Crippen molar-refractivity contribution < 1.29 is 14.3 Å². The first kappa shape index (κ1) is 21.5. The molecule has 0 unspecified atom stereocenters. The monoisotopic (exact) mass is 433 g/mol. The zero-order valence-electron chi connectivity index (χ0n) is 18.3. The minimum absolute atomic E-state index is 0.00549. The van der Waals surface area contributed by atoms with Crippen LogP contribution >= 0.6 is 0 Å². The van der Waals surface area contributed by atoms with Crippen LogP contribution in [-0.4, -0.2) is 51.4 Å². The second-order valence-corrected chi connectivity index (χ2v) is 7.97. The predicted octanol–water partition coefficient (Wildman–Crippen LogP) is 2.83. The van der Waals surface area contributed by atoms with E-state index in [0.29, 0.717) is 25.2 Å². The molecule has 8 heteroatoms. The Morgan fingerprint density at radius 2 is 2.00 bits per heavy atom. The van der Waals surface area contributed by atoms with Crippen molar-refractivity contribution >= 4 is 11.8 Å². The minimum Gasteiger partial charge on any atom is -0.497 e. The first-order valence-electron chi connectivity index (χ1n) is 10.7. The van der Waals surface area contributed by atoms with Crippen molar-refractivity contribution in [2.75, 3.05) is 13.7 Å². The molecule has 0 bridgehead atoms. The van der Waals surface area contributed by atoms with Crippen molar-refractivity contribution in [1.29, 1.82) is 0 Å². The van der Waals surface area contributed by atoms with E-state index in [1.54, 1.807) is 18.0 Å². The summed E-state index contributed by atoms with van der Waals surface area (Å²) in [4.78, 5) is 27.5. The van der Waals surface area contributed by atoms with Gasteiger partial charge in [-0.25, -0.2) is 4.68 Å². The van der Waals surface area contributed by atoms with E-state index in [0.717, 1.165) is 29.7 Å². The second kappa shape index (κ2) is 9.64. The Balaban J connectivity index is 1.39. The fourth-order valence-corrected chi connectivity index (χ4v) is 4.03. The molecule has 166 valence electrons. The molecule has 1 aliphatic rings. The topological polar surface area (TPSA) is 89.4 Å². The molecule has 3 aromatic rings. The van der Waals surface area contributed by atoms with Crippen LogP contribution in [-0.2, 0) is 13.1 Å². The summed E-state index contributed by atoms with van der Waals surface area (Å²) in [5, 5.41) is 11.0. The molecule has 2 aromatic carbocycles. The molecule has 1 aliphatic heterocycles. The molecule has 1 saturated heterocycles. The lowest BCUT2D eigenvalue weighted by Gasteiger charge is -2.25. The van der Waals surface area contributed by atoms with Crippen LogP contribution in [0.15, 0.2) is 54.7 Å². The van der Waals surface area contributed by atoms with E-state index in [4.69, 9.17) is 4.74 Å². The SMILES string of the molecule is COc1ccc(C(=O)N2CCC[C@H]2Cn2cc(C(=O)NCc3ccccc3)nn2)c(C)c1. The summed E-state index contributed by atoms with van der Waals surface area (Å²) in [7, 11) is 1.61. The molecule has 8 nitrogen and oxygen atoms in total. The predicted molar refractivity (Wildman–Crippen MR) is 119 cm³/mol. The van der Waals surface area contributed by atoms with Crippen molar-refractivity contribution in [3.05, 3.63) is 77.1 Å². The van der Waals surface area contributed by atoms with Gasteiger partial charge in [-0.3, -0.25) is 9.59 Å². The maximum Gasteiger partial charge on any atom is 0.273 e. The van der Waals surface area contributed by atoms with Gasteiger partial charge < -0.3 is 15.0 Å². The van der Waals surface area contributed by atoms with Gasteiger partial charge in [-0.15, -0.1) is 5.10 Å². The van der Waals surface area contributed by atoms with Gasteiger partial charge in [-0.1, -0.05) is 35.5 Å². The molecular formula is C24H27N5O3. The number of carbonyl (C=O) groups is 2. The molecule has 1 aromatic heterocycles. The third kappa shape index (κ3) is 4.80. The van der Waals surface area contributed by atoms with Gasteiger partial charge in [0.1, 0.15) is 5.75 Å². The lowest BCUT2D eigenvalue weighted by molar-refractivity contribution is 0.0720. The highest BCUT2D eigenvalue weighted by atomic mass is 16.5. The zero-order valence-corrected chi connectivity index (χ0v) is 18.3. The van der Waals surface area contributed by atoms with Crippen molar-refractivity contribution in [1.82, 2.24) is 25.2 Å². The summed E-state index contributed by atoms with van der Waals surface area (Å²) in [6.45, 7) is 3.55. The molecule has 1 atom stereocenters. The molecule has 0 spiro atoms. The largest absolute Gasteiger partial charge is 0.497 e. The third-order valence-corrected chi connectivity index (χ3v) is 5.77. The average molecular weight is 434 g/mol. The van der Waals surface area contributed by atoms with Gasteiger partial charge in [0.25, 0.3) is 11.8 Å². The van der Waals surface area contributed by atoms with Crippen molar-refractivity contribution in [3.8, 4) is 5.75 Å². The summed E-state index contributed by atoms with van der Waals surface area (Å²) in [6, 6.07) is 15.2. The van der Waals surface area contributed by atoms with E-state index in [1.165, 1.54) is 0 Å². The number of methoxy groups -OCH3 is 1. The van der Waals surface area contributed by atoms with Gasteiger partial charge >= 0.3 is 0 Å². The van der Waals surface area contributed by atoms with E-state index in [9.17, 15) is 9.59 Å². The van der Waals surface area contributed by atoms with Gasteiger partial charge in [-0.05, 0) is 49.1 Å². The van der Waals surface area contributed by atoms with Gasteiger partial charge in [0.05, 0.1) is 25.9 Å². The molecule has 1 fully saturated rings. The fraction of sp³-hybridized carbons (Fsp3) is 0.333. The van der Waals surface area contributed by atoms with Crippen LogP contribution in [0.2, 0.25) is 0 Å². The van der Waals surface area contributed by atoms with E-state index in [-0.39, 0.29) is 23.6 Å². The second-order valence-electron chi connectivity index (χ2n) is 7.97. The number of aromatic nitrogens is 3. The molecule has 2 amide bonds. The van der Waals surface area contributed by atoms with Crippen LogP contribution in [0.3, 0.4) is 0 Å². The van der Waals surface area contributed by atoms with Gasteiger partial charge in [0, 0.05) is 18.7 Å². The van der Waals surface area contributed by atoms with Crippen LogP contribution in [0.4, 0.5) is 0 Å². The van der Waals surface area contributed by atoms with Crippen molar-refractivity contribution in [2.24, 2.45) is 0 Å². The number of likely N-dealkylation sites (tertiary alicyclic amines) is 1. The lowest BCUT2D eigenvalue weighted by atomic mass is 10.1. The van der Waals surface area contributed by atoms with Crippen molar-refractivity contribution in [2.45, 2.75) is 38.9 Å². The summed E-state index contributed by atoms with van der Waals surface area (Å²) >= 11 is 0. The van der Waals surface area contributed by atoms with Crippen LogP contribution in [0.25, 0.3) is 0 Å². The molecule has 1 N–H and O–H groups in total. The lowest BCUT2D eigenvalue weighted by Crippen LogP contribution is -2.38. The van der Waals surface area contributed by atoms with Gasteiger partial charge in [0.2, 0.25) is 0 Å². The number of aryl methyl sites for hydroxylation is 1. The molecular weight excluding hydrogens is 406 g/mol. The summed E-state index contributed by atoms with van der Waals surface area (Å²) in [5.41, 5.74) is 2.85. The number of hydrogen-bond donors (Lipinski definition) is 1. The number of nitrogens with one attached hydrogen (secondary N) is 1. The summed E-state index contributed by atoms with van der Waals surface area (Å²) in [5.74, 6) is 0.472. The fourth-order valence-electron chi connectivity index (χ4n) is 4.03. The van der Waals surface area contributed by atoms with Crippen molar-refractivity contribution in [3.63, 3.8) is 0 Å². The summed E-state index contributed by atoms with van der Waals surface area (Å²) < 4.78 is 6.89. The third-order valence-electron chi connectivity index (χ3n) is 5.77.